The number of pyridine rings is 1. The van der Waals surface area contributed by atoms with Crippen LogP contribution in [0.25, 0.3) is 16.6 Å². The van der Waals surface area contributed by atoms with Crippen LogP contribution < -0.4 is 4.74 Å². The maximum Gasteiger partial charge on any atom is 0.415 e. The van der Waals surface area contributed by atoms with Crippen molar-refractivity contribution in [3.05, 3.63) is 64.5 Å². The molecule has 8 nitrogen and oxygen atoms in total. The van der Waals surface area contributed by atoms with Gasteiger partial charge in [0.25, 0.3) is 0 Å². The highest BCUT2D eigenvalue weighted by atomic mass is 16.6. The number of likely N-dealkylation sites (tertiary alicyclic amines) is 2. The Morgan fingerprint density at radius 1 is 1.15 bits per heavy atom. The van der Waals surface area contributed by atoms with Crippen LogP contribution in [-0.2, 0) is 22.5 Å². The molecule has 0 radical (unpaired) electrons. The molecule has 0 aliphatic carbocycles. The number of carbonyl (C=O) groups excluding carboxylic acids is 2. The maximum atomic E-state index is 13.1. The highest BCUT2D eigenvalue weighted by Gasteiger charge is 2.37. The van der Waals surface area contributed by atoms with E-state index in [2.05, 4.69) is 29.4 Å². The summed E-state index contributed by atoms with van der Waals surface area (Å²) in [5.41, 5.74) is 8.02. The Morgan fingerprint density at radius 3 is 2.73 bits per heavy atom. The first kappa shape index (κ1) is 25.3. The molecule has 0 atom stereocenters. The predicted molar refractivity (Wildman–Crippen MR) is 152 cm³/mol. The number of nitrogens with zero attached hydrogens (tertiary/aromatic N) is 4. The molecular weight excluding hydrogens is 504 g/mol. The van der Waals surface area contributed by atoms with Gasteiger partial charge in [-0.05, 0) is 80.6 Å². The van der Waals surface area contributed by atoms with E-state index in [-0.39, 0.29) is 25.1 Å². The largest absolute Gasteiger partial charge is 0.460 e. The van der Waals surface area contributed by atoms with E-state index < -0.39 is 0 Å². The molecule has 2 saturated heterocycles. The summed E-state index contributed by atoms with van der Waals surface area (Å²) in [5, 5.41) is 1.01. The average molecular weight is 541 g/mol. The zero-order valence-corrected chi connectivity index (χ0v) is 23.2. The summed E-state index contributed by atoms with van der Waals surface area (Å²) in [5.74, 6) is 0.350. The summed E-state index contributed by atoms with van der Waals surface area (Å²) >= 11 is 0. The Balaban J connectivity index is 1.12. The lowest BCUT2D eigenvalue weighted by molar-refractivity contribution is -0.142. The quantitative estimate of drug-likeness (QED) is 0.497. The van der Waals surface area contributed by atoms with Gasteiger partial charge in [-0.1, -0.05) is 19.9 Å². The molecule has 0 unspecified atom stereocenters. The lowest BCUT2D eigenvalue weighted by atomic mass is 9.95. The molecule has 5 aliphatic heterocycles. The Morgan fingerprint density at radius 2 is 1.95 bits per heavy atom. The lowest BCUT2D eigenvalue weighted by Gasteiger charge is -2.39. The third kappa shape index (κ3) is 4.29. The molecule has 0 saturated carbocycles. The molecule has 0 spiro atoms. The molecule has 1 amide bonds. The summed E-state index contributed by atoms with van der Waals surface area (Å²) in [4.78, 5) is 36.7. The average Bonchev–Trinajstić information content (AvgIpc) is 3.34. The highest BCUT2D eigenvalue weighted by Crippen LogP contribution is 2.45. The van der Waals surface area contributed by atoms with Gasteiger partial charge in [0.05, 0.1) is 29.9 Å². The number of rotatable bonds is 3. The van der Waals surface area contributed by atoms with E-state index in [0.29, 0.717) is 18.3 Å². The maximum absolute atomic E-state index is 13.1. The van der Waals surface area contributed by atoms with Crippen LogP contribution in [0.2, 0.25) is 0 Å². The van der Waals surface area contributed by atoms with Gasteiger partial charge >= 0.3 is 12.1 Å². The van der Waals surface area contributed by atoms with Crippen LogP contribution in [0.5, 0.6) is 5.75 Å². The van der Waals surface area contributed by atoms with E-state index in [1.165, 1.54) is 37.9 Å². The van der Waals surface area contributed by atoms with Crippen LogP contribution >= 0.6 is 0 Å². The number of aryl methyl sites for hydroxylation is 1. The number of ether oxygens (including phenoxy) is 2. The van der Waals surface area contributed by atoms with E-state index in [0.717, 1.165) is 77.1 Å². The van der Waals surface area contributed by atoms with Crippen molar-refractivity contribution in [3.8, 4) is 5.75 Å². The standard InChI is InChI=1S/C32H36N4O4/c1-3-24-25-17-23(40-32(38)35-13-9-22(10-14-35)34-11-5-4-6-12-34)7-8-28(25)33-31-26(24)18-36-20(2)27-19-39-30(37)16-21(27)15-29(31)36/h7-8,15,17,22H,2-6,9-14,16,18-19H2,1H3. The number of piperidine rings is 2. The van der Waals surface area contributed by atoms with Gasteiger partial charge in [0.2, 0.25) is 0 Å². The fourth-order valence-corrected chi connectivity index (χ4v) is 7.11. The van der Waals surface area contributed by atoms with Gasteiger partial charge in [0.1, 0.15) is 12.4 Å². The van der Waals surface area contributed by atoms with E-state index in [9.17, 15) is 9.59 Å². The lowest BCUT2D eigenvalue weighted by Crippen LogP contribution is -2.48. The van der Waals surface area contributed by atoms with E-state index in [1.807, 2.05) is 23.1 Å². The Kier molecular flexibility index (Phi) is 6.38. The minimum absolute atomic E-state index is 0.204. The molecule has 1 aromatic carbocycles. The SMILES string of the molecule is C=C1C2=C(C=C3c4nc5ccc(OC(=O)N6CCC(N7CCCCC7)CC6)cc5c(CC)c4CN13)CC(=O)OC2. The number of aromatic nitrogens is 1. The van der Waals surface area contributed by atoms with Gasteiger partial charge in [-0.2, -0.15) is 0 Å². The normalized spacial score (nSPS) is 21.7. The number of carbonyl (C=O) groups is 2. The van der Waals surface area contributed by atoms with E-state index in [4.69, 9.17) is 14.5 Å². The molecular formula is C32H36N4O4. The summed E-state index contributed by atoms with van der Waals surface area (Å²) in [6.45, 7) is 11.3. The van der Waals surface area contributed by atoms with Gasteiger partial charge in [0.15, 0.2) is 0 Å². The van der Waals surface area contributed by atoms with Crippen molar-refractivity contribution >= 4 is 28.7 Å². The zero-order valence-electron chi connectivity index (χ0n) is 23.2. The summed E-state index contributed by atoms with van der Waals surface area (Å²) in [7, 11) is 0. The van der Waals surface area contributed by atoms with Crippen LogP contribution in [0.15, 0.2) is 47.7 Å². The minimum atomic E-state index is -0.268. The molecule has 0 N–H and O–H groups in total. The second kappa shape index (κ2) is 10.1. The van der Waals surface area contributed by atoms with Gasteiger partial charge in [-0.25, -0.2) is 9.78 Å². The van der Waals surface area contributed by atoms with Crippen molar-refractivity contribution in [2.75, 3.05) is 32.8 Å². The number of hydrogen-bond acceptors (Lipinski definition) is 7. The van der Waals surface area contributed by atoms with Gasteiger partial charge in [0, 0.05) is 41.4 Å². The number of amides is 1. The summed E-state index contributed by atoms with van der Waals surface area (Å²) in [6, 6.07) is 6.35. The summed E-state index contributed by atoms with van der Waals surface area (Å²) < 4.78 is 11.2. The number of cyclic esters (lactones) is 1. The third-order valence-electron chi connectivity index (χ3n) is 9.30. The minimum Gasteiger partial charge on any atom is -0.460 e. The number of benzene rings is 1. The predicted octanol–water partition coefficient (Wildman–Crippen LogP) is 5.17. The van der Waals surface area contributed by atoms with Crippen LogP contribution in [0.1, 0.15) is 62.3 Å². The topological polar surface area (TPSA) is 75.2 Å². The Bertz CT molecular complexity index is 1480. The third-order valence-corrected chi connectivity index (χ3v) is 9.30. The van der Waals surface area contributed by atoms with Crippen LogP contribution in [0, 0.1) is 0 Å². The number of allylic oxidation sites excluding steroid dienone is 1. The van der Waals surface area contributed by atoms with E-state index >= 15 is 0 Å². The Hall–Kier alpha value is -3.65. The van der Waals surface area contributed by atoms with Crippen molar-refractivity contribution in [1.29, 1.82) is 0 Å². The number of hydrogen-bond donors (Lipinski definition) is 0. The second-order valence-electron chi connectivity index (χ2n) is 11.5. The van der Waals surface area contributed by atoms with Gasteiger partial charge < -0.3 is 24.2 Å². The van der Waals surface area contributed by atoms with Crippen LogP contribution in [0.3, 0.4) is 0 Å². The molecule has 5 aliphatic rings. The van der Waals surface area contributed by atoms with Gasteiger partial charge in [-0.15, -0.1) is 0 Å². The summed E-state index contributed by atoms with van der Waals surface area (Å²) in [6.07, 6.45) is 8.86. The first-order valence-corrected chi connectivity index (χ1v) is 14.7. The molecule has 2 fully saturated rings. The molecule has 208 valence electrons. The van der Waals surface area contributed by atoms with Crippen molar-refractivity contribution in [3.63, 3.8) is 0 Å². The molecule has 40 heavy (non-hydrogen) atoms. The smallest absolute Gasteiger partial charge is 0.415 e. The number of fused-ring (bicyclic) bond motifs is 4. The van der Waals surface area contributed by atoms with E-state index in [1.54, 1.807) is 0 Å². The van der Waals surface area contributed by atoms with Crippen molar-refractivity contribution in [2.24, 2.45) is 0 Å². The molecule has 7 rings (SSSR count). The molecule has 6 heterocycles. The van der Waals surface area contributed by atoms with Crippen molar-refractivity contribution < 1.29 is 19.1 Å². The Labute approximate surface area is 234 Å². The number of esters is 1. The zero-order chi connectivity index (χ0) is 27.4. The fraction of sp³-hybridized carbons (Fsp3) is 0.469. The molecule has 1 aromatic heterocycles. The van der Waals surface area contributed by atoms with Gasteiger partial charge in [-0.3, -0.25) is 4.79 Å². The first-order chi connectivity index (χ1) is 19.5. The van der Waals surface area contributed by atoms with Crippen LogP contribution in [0.4, 0.5) is 4.79 Å². The molecule has 0 bridgehead atoms. The molecule has 8 heteroatoms. The monoisotopic (exact) mass is 540 g/mol. The van der Waals surface area contributed by atoms with Crippen LogP contribution in [-0.4, -0.2) is 70.6 Å². The second-order valence-corrected chi connectivity index (χ2v) is 11.5. The first-order valence-electron chi connectivity index (χ1n) is 14.7. The highest BCUT2D eigenvalue weighted by molar-refractivity contribution is 5.91. The van der Waals surface area contributed by atoms with Crippen molar-refractivity contribution in [1.82, 2.24) is 19.7 Å². The molecule has 2 aromatic rings. The fourth-order valence-electron chi connectivity index (χ4n) is 7.11. The van der Waals surface area contributed by atoms with Crippen molar-refractivity contribution in [2.45, 2.75) is 64.5 Å².